The molecule has 0 heterocycles. The molecule has 0 spiro atoms. The van der Waals surface area contributed by atoms with E-state index in [0.29, 0.717) is 5.41 Å². The summed E-state index contributed by atoms with van der Waals surface area (Å²) in [4.78, 5) is 2.34. The summed E-state index contributed by atoms with van der Waals surface area (Å²) in [6, 6.07) is 0. The minimum absolute atomic E-state index is 0.255. The van der Waals surface area contributed by atoms with Gasteiger partial charge in [-0.2, -0.15) is 0 Å². The average Bonchev–Trinajstić information content (AvgIpc) is 2.32. The van der Waals surface area contributed by atoms with Crippen LogP contribution in [0.25, 0.3) is 0 Å². The van der Waals surface area contributed by atoms with Gasteiger partial charge in [-0.3, -0.25) is 0 Å². The molecule has 1 aliphatic rings. The third-order valence-electron chi connectivity index (χ3n) is 4.19. The molecule has 0 aliphatic heterocycles. The van der Waals surface area contributed by atoms with E-state index in [2.05, 4.69) is 18.7 Å². The van der Waals surface area contributed by atoms with Crippen molar-refractivity contribution in [3.8, 4) is 0 Å². The lowest BCUT2D eigenvalue weighted by atomic mass is 9.70. The van der Waals surface area contributed by atoms with E-state index in [9.17, 15) is 0 Å². The quantitative estimate of drug-likeness (QED) is 0.723. The molecule has 96 valence electrons. The predicted octanol–water partition coefficient (Wildman–Crippen LogP) is 1.46. The van der Waals surface area contributed by atoms with Gasteiger partial charge in [0.15, 0.2) is 0 Å². The topological polar surface area (TPSA) is 49.5 Å². The van der Waals surface area contributed by atoms with E-state index in [4.69, 9.17) is 10.8 Å². The van der Waals surface area contributed by atoms with Crippen LogP contribution in [0.3, 0.4) is 0 Å². The van der Waals surface area contributed by atoms with Crippen LogP contribution in [-0.4, -0.2) is 42.8 Å². The number of aliphatic hydroxyl groups is 1. The van der Waals surface area contributed by atoms with E-state index in [1.165, 1.54) is 25.7 Å². The molecule has 0 unspecified atom stereocenters. The molecule has 3 heteroatoms. The Labute approximate surface area is 100 Å². The second kappa shape index (κ2) is 6.58. The first-order valence-corrected chi connectivity index (χ1v) is 6.69. The Balaban J connectivity index is 2.51. The predicted molar refractivity (Wildman–Crippen MR) is 68.3 cm³/mol. The number of hydrogen-bond donors (Lipinski definition) is 2. The van der Waals surface area contributed by atoms with Crippen LogP contribution in [0.15, 0.2) is 0 Å². The molecule has 1 saturated carbocycles. The molecule has 0 atom stereocenters. The Bertz CT molecular complexity index is 188. The second-order valence-corrected chi connectivity index (χ2v) is 5.48. The van der Waals surface area contributed by atoms with Crippen LogP contribution in [0.2, 0.25) is 0 Å². The molecular formula is C13H28N2O. The molecule has 1 rings (SSSR count). The Kier molecular flexibility index (Phi) is 5.73. The third kappa shape index (κ3) is 3.72. The highest BCUT2D eigenvalue weighted by Crippen LogP contribution is 2.38. The Morgan fingerprint density at radius 1 is 1.38 bits per heavy atom. The first kappa shape index (κ1) is 13.9. The van der Waals surface area contributed by atoms with Crippen LogP contribution in [0.4, 0.5) is 0 Å². The van der Waals surface area contributed by atoms with Gasteiger partial charge in [0, 0.05) is 13.1 Å². The molecule has 3 N–H and O–H groups in total. The average molecular weight is 228 g/mol. The summed E-state index contributed by atoms with van der Waals surface area (Å²) in [5, 5.41) is 9.02. The smallest absolute Gasteiger partial charge is 0.0558 e. The molecular weight excluding hydrogens is 200 g/mol. The van der Waals surface area contributed by atoms with Gasteiger partial charge in [0.1, 0.15) is 0 Å². The Hall–Kier alpha value is -0.120. The third-order valence-corrected chi connectivity index (χ3v) is 4.19. The molecule has 0 aromatic heterocycles. The van der Waals surface area contributed by atoms with Crippen LogP contribution < -0.4 is 5.73 Å². The fourth-order valence-electron chi connectivity index (χ4n) is 2.77. The molecule has 1 fully saturated rings. The number of aliphatic hydroxyl groups excluding tert-OH is 1. The maximum atomic E-state index is 9.02. The lowest BCUT2D eigenvalue weighted by Gasteiger charge is -2.41. The molecule has 0 bridgehead atoms. The van der Waals surface area contributed by atoms with Gasteiger partial charge in [-0.25, -0.2) is 0 Å². The highest BCUT2D eigenvalue weighted by molar-refractivity contribution is 4.88. The molecule has 0 saturated heterocycles. The monoisotopic (exact) mass is 228 g/mol. The molecule has 3 nitrogen and oxygen atoms in total. The number of hydrogen-bond acceptors (Lipinski definition) is 3. The highest BCUT2D eigenvalue weighted by Gasteiger charge is 2.34. The van der Waals surface area contributed by atoms with Crippen LogP contribution in [0, 0.1) is 11.3 Å². The molecule has 1 aliphatic carbocycles. The number of rotatable bonds is 6. The summed E-state index contributed by atoms with van der Waals surface area (Å²) in [6.45, 7) is 8.41. The normalized spacial score (nSPS) is 30.9. The first-order valence-electron chi connectivity index (χ1n) is 6.69. The summed E-state index contributed by atoms with van der Waals surface area (Å²) in [5.74, 6) is 0.868. The summed E-state index contributed by atoms with van der Waals surface area (Å²) in [5.41, 5.74) is 6.31. The van der Waals surface area contributed by atoms with Gasteiger partial charge in [0.2, 0.25) is 0 Å². The van der Waals surface area contributed by atoms with Gasteiger partial charge >= 0.3 is 0 Å². The molecule has 0 radical (unpaired) electrons. The van der Waals surface area contributed by atoms with Crippen molar-refractivity contribution < 1.29 is 5.11 Å². The fourth-order valence-corrected chi connectivity index (χ4v) is 2.77. The van der Waals surface area contributed by atoms with Gasteiger partial charge in [0.05, 0.1) is 6.61 Å². The van der Waals surface area contributed by atoms with Gasteiger partial charge in [-0.1, -0.05) is 26.7 Å². The second-order valence-electron chi connectivity index (χ2n) is 5.48. The van der Waals surface area contributed by atoms with Crippen LogP contribution in [0.5, 0.6) is 0 Å². The van der Waals surface area contributed by atoms with Crippen molar-refractivity contribution in [3.05, 3.63) is 0 Å². The van der Waals surface area contributed by atoms with E-state index in [0.717, 1.165) is 32.1 Å². The van der Waals surface area contributed by atoms with Crippen LogP contribution in [0.1, 0.15) is 39.5 Å². The fraction of sp³-hybridized carbons (Fsp3) is 1.00. The Morgan fingerprint density at radius 3 is 2.44 bits per heavy atom. The highest BCUT2D eigenvalue weighted by atomic mass is 16.3. The maximum Gasteiger partial charge on any atom is 0.0558 e. The van der Waals surface area contributed by atoms with Gasteiger partial charge in [-0.05, 0) is 37.3 Å². The number of nitrogens with zero attached hydrogens (tertiary/aromatic N) is 1. The minimum Gasteiger partial charge on any atom is -0.395 e. The number of likely N-dealkylation sites (N-methyl/N-ethyl adjacent to an activating group) is 1. The van der Waals surface area contributed by atoms with Crippen molar-refractivity contribution >= 4 is 0 Å². The van der Waals surface area contributed by atoms with E-state index < -0.39 is 0 Å². The van der Waals surface area contributed by atoms with E-state index in [1.54, 1.807) is 0 Å². The van der Waals surface area contributed by atoms with Crippen molar-refractivity contribution in [2.45, 2.75) is 39.5 Å². The zero-order valence-corrected chi connectivity index (χ0v) is 10.9. The van der Waals surface area contributed by atoms with E-state index in [-0.39, 0.29) is 6.61 Å². The standard InChI is InChI=1S/C13H28N2O/c1-3-15(8-9-16)11-13(10-14)6-4-12(2)5-7-13/h12,16H,3-11,14H2,1-2H3. The molecule has 16 heavy (non-hydrogen) atoms. The van der Waals surface area contributed by atoms with Crippen molar-refractivity contribution in [2.75, 3.05) is 32.8 Å². The maximum absolute atomic E-state index is 9.02. The number of nitrogens with two attached hydrogens (primary N) is 1. The zero-order valence-electron chi connectivity index (χ0n) is 10.9. The first-order chi connectivity index (χ1) is 7.65. The largest absolute Gasteiger partial charge is 0.395 e. The van der Waals surface area contributed by atoms with Crippen LogP contribution >= 0.6 is 0 Å². The van der Waals surface area contributed by atoms with Gasteiger partial charge < -0.3 is 15.7 Å². The lowest BCUT2D eigenvalue weighted by molar-refractivity contribution is 0.0862. The minimum atomic E-state index is 0.255. The summed E-state index contributed by atoms with van der Waals surface area (Å²) >= 11 is 0. The molecule has 0 aromatic rings. The van der Waals surface area contributed by atoms with Crippen molar-refractivity contribution in [1.82, 2.24) is 4.90 Å². The SMILES string of the molecule is CCN(CCO)CC1(CN)CCC(C)CC1. The van der Waals surface area contributed by atoms with Crippen LogP contribution in [-0.2, 0) is 0 Å². The van der Waals surface area contributed by atoms with Gasteiger partial charge in [-0.15, -0.1) is 0 Å². The summed E-state index contributed by atoms with van der Waals surface area (Å²) in [7, 11) is 0. The van der Waals surface area contributed by atoms with E-state index >= 15 is 0 Å². The van der Waals surface area contributed by atoms with E-state index in [1.807, 2.05) is 0 Å². The van der Waals surface area contributed by atoms with Crippen molar-refractivity contribution in [3.63, 3.8) is 0 Å². The summed E-state index contributed by atoms with van der Waals surface area (Å²) in [6.07, 6.45) is 5.14. The van der Waals surface area contributed by atoms with Gasteiger partial charge in [0.25, 0.3) is 0 Å². The summed E-state index contributed by atoms with van der Waals surface area (Å²) < 4.78 is 0. The Morgan fingerprint density at radius 2 is 2.00 bits per heavy atom. The van der Waals surface area contributed by atoms with Crippen molar-refractivity contribution in [2.24, 2.45) is 17.1 Å². The lowest BCUT2D eigenvalue weighted by Crippen LogP contribution is -2.45. The molecule has 0 amide bonds. The molecule has 0 aromatic carbocycles. The van der Waals surface area contributed by atoms with Crippen molar-refractivity contribution in [1.29, 1.82) is 0 Å². The zero-order chi connectivity index (χ0) is 12.0.